The standard InChI is InChI=1S/C16H22N2O/c1-11(2)15-8-5-9-18(15)16(19)14-10-12-6-3-4-7-13(12)17-14/h3-4,6-7,11,14-15,17H,5,8-10H2,1-2H3. The molecule has 2 heterocycles. The van der Waals surface area contributed by atoms with Crippen LogP contribution >= 0.6 is 0 Å². The Morgan fingerprint density at radius 3 is 2.89 bits per heavy atom. The summed E-state index contributed by atoms with van der Waals surface area (Å²) in [6, 6.07) is 8.60. The molecule has 0 spiro atoms. The molecule has 0 saturated carbocycles. The minimum Gasteiger partial charge on any atom is -0.373 e. The molecule has 0 bridgehead atoms. The first-order chi connectivity index (χ1) is 9.16. The molecule has 3 rings (SSSR count). The molecule has 19 heavy (non-hydrogen) atoms. The van der Waals surface area contributed by atoms with Gasteiger partial charge >= 0.3 is 0 Å². The number of hydrogen-bond acceptors (Lipinski definition) is 2. The molecule has 0 aromatic heterocycles. The Labute approximate surface area is 115 Å². The van der Waals surface area contributed by atoms with Crippen LogP contribution in [0.1, 0.15) is 32.3 Å². The van der Waals surface area contributed by atoms with Crippen LogP contribution < -0.4 is 5.32 Å². The molecule has 1 amide bonds. The van der Waals surface area contributed by atoms with Crippen LogP contribution in [-0.2, 0) is 11.2 Å². The van der Waals surface area contributed by atoms with Crippen LogP contribution in [0.25, 0.3) is 0 Å². The summed E-state index contributed by atoms with van der Waals surface area (Å²) in [4.78, 5) is 14.8. The molecule has 2 aliphatic heterocycles. The highest BCUT2D eigenvalue weighted by atomic mass is 16.2. The molecule has 0 aliphatic carbocycles. The molecule has 102 valence electrons. The SMILES string of the molecule is CC(C)C1CCCN1C(=O)C1Cc2ccccc2N1. The number of hydrogen-bond donors (Lipinski definition) is 1. The van der Waals surface area contributed by atoms with Gasteiger partial charge in [0.15, 0.2) is 0 Å². The average molecular weight is 258 g/mol. The van der Waals surface area contributed by atoms with Gasteiger partial charge in [0.25, 0.3) is 0 Å². The monoisotopic (exact) mass is 258 g/mol. The fourth-order valence-corrected chi connectivity index (χ4v) is 3.41. The third kappa shape index (κ3) is 2.22. The van der Waals surface area contributed by atoms with E-state index in [-0.39, 0.29) is 11.9 Å². The third-order valence-corrected chi connectivity index (χ3v) is 4.42. The Hall–Kier alpha value is -1.51. The van der Waals surface area contributed by atoms with Gasteiger partial charge in [-0.05, 0) is 30.4 Å². The van der Waals surface area contributed by atoms with Crippen molar-refractivity contribution in [2.45, 2.75) is 45.2 Å². The summed E-state index contributed by atoms with van der Waals surface area (Å²) >= 11 is 0. The van der Waals surface area contributed by atoms with E-state index >= 15 is 0 Å². The predicted octanol–water partition coefficient (Wildman–Crippen LogP) is 2.67. The second kappa shape index (κ2) is 4.87. The van der Waals surface area contributed by atoms with E-state index in [4.69, 9.17) is 0 Å². The molecular formula is C16H22N2O. The van der Waals surface area contributed by atoms with Gasteiger partial charge in [-0.1, -0.05) is 32.0 Å². The first kappa shape index (κ1) is 12.5. The number of amides is 1. The number of nitrogens with one attached hydrogen (secondary N) is 1. The van der Waals surface area contributed by atoms with Crippen LogP contribution in [0.5, 0.6) is 0 Å². The first-order valence-corrected chi connectivity index (χ1v) is 7.31. The predicted molar refractivity (Wildman–Crippen MR) is 77.1 cm³/mol. The lowest BCUT2D eigenvalue weighted by Gasteiger charge is -2.30. The van der Waals surface area contributed by atoms with Crippen molar-refractivity contribution in [3.8, 4) is 0 Å². The fourth-order valence-electron chi connectivity index (χ4n) is 3.41. The molecule has 3 nitrogen and oxygen atoms in total. The molecule has 1 fully saturated rings. The van der Waals surface area contributed by atoms with Crippen molar-refractivity contribution < 1.29 is 4.79 Å². The maximum Gasteiger partial charge on any atom is 0.245 e. The summed E-state index contributed by atoms with van der Waals surface area (Å²) < 4.78 is 0. The molecule has 2 atom stereocenters. The topological polar surface area (TPSA) is 32.3 Å². The maximum absolute atomic E-state index is 12.7. The van der Waals surface area contributed by atoms with Crippen molar-refractivity contribution in [3.63, 3.8) is 0 Å². The van der Waals surface area contributed by atoms with E-state index in [1.807, 2.05) is 12.1 Å². The molecule has 3 heteroatoms. The van der Waals surface area contributed by atoms with Crippen LogP contribution in [0.15, 0.2) is 24.3 Å². The number of benzene rings is 1. The Morgan fingerprint density at radius 1 is 1.37 bits per heavy atom. The van der Waals surface area contributed by atoms with Gasteiger partial charge in [0.2, 0.25) is 5.91 Å². The number of rotatable bonds is 2. The zero-order chi connectivity index (χ0) is 13.4. The van der Waals surface area contributed by atoms with Gasteiger partial charge in [0.1, 0.15) is 6.04 Å². The number of nitrogens with zero attached hydrogens (tertiary/aromatic N) is 1. The maximum atomic E-state index is 12.7. The number of carbonyl (C=O) groups is 1. The lowest BCUT2D eigenvalue weighted by Crippen LogP contribution is -2.46. The number of carbonyl (C=O) groups excluding carboxylic acids is 1. The number of para-hydroxylation sites is 1. The van der Waals surface area contributed by atoms with Crippen molar-refractivity contribution in [2.75, 3.05) is 11.9 Å². The molecule has 1 saturated heterocycles. The lowest BCUT2D eigenvalue weighted by molar-refractivity contribution is -0.133. The van der Waals surface area contributed by atoms with Crippen molar-refractivity contribution >= 4 is 11.6 Å². The first-order valence-electron chi connectivity index (χ1n) is 7.31. The van der Waals surface area contributed by atoms with Crippen LogP contribution in [0.4, 0.5) is 5.69 Å². The zero-order valence-electron chi connectivity index (χ0n) is 11.7. The van der Waals surface area contributed by atoms with Gasteiger partial charge in [-0.3, -0.25) is 4.79 Å². The summed E-state index contributed by atoms with van der Waals surface area (Å²) in [5.41, 5.74) is 2.39. The molecule has 0 radical (unpaired) electrons. The lowest BCUT2D eigenvalue weighted by atomic mass is 10.0. The van der Waals surface area contributed by atoms with Gasteiger partial charge in [0, 0.05) is 24.7 Å². The Kier molecular flexibility index (Phi) is 3.21. The van der Waals surface area contributed by atoms with Crippen LogP contribution in [0.3, 0.4) is 0 Å². The van der Waals surface area contributed by atoms with E-state index in [1.165, 1.54) is 5.56 Å². The minimum atomic E-state index is -0.0586. The average Bonchev–Trinajstić information content (AvgIpc) is 3.04. The highest BCUT2D eigenvalue weighted by Gasteiger charge is 2.36. The number of likely N-dealkylation sites (tertiary alicyclic amines) is 1. The summed E-state index contributed by atoms with van der Waals surface area (Å²) in [6.07, 6.45) is 3.13. The second-order valence-corrected chi connectivity index (χ2v) is 6.04. The van der Waals surface area contributed by atoms with Crippen molar-refractivity contribution in [1.29, 1.82) is 0 Å². The van der Waals surface area contributed by atoms with Crippen molar-refractivity contribution in [3.05, 3.63) is 29.8 Å². The molecular weight excluding hydrogens is 236 g/mol. The minimum absolute atomic E-state index is 0.0586. The Bertz CT molecular complexity index is 458. The second-order valence-electron chi connectivity index (χ2n) is 6.04. The van der Waals surface area contributed by atoms with E-state index in [0.29, 0.717) is 12.0 Å². The molecule has 1 aromatic rings. The van der Waals surface area contributed by atoms with Gasteiger partial charge in [0.05, 0.1) is 0 Å². The van der Waals surface area contributed by atoms with E-state index in [1.54, 1.807) is 0 Å². The van der Waals surface area contributed by atoms with Gasteiger partial charge in [-0.25, -0.2) is 0 Å². The summed E-state index contributed by atoms with van der Waals surface area (Å²) in [7, 11) is 0. The molecule has 1 N–H and O–H groups in total. The summed E-state index contributed by atoms with van der Waals surface area (Å²) in [6.45, 7) is 5.36. The number of fused-ring (bicyclic) bond motifs is 1. The third-order valence-electron chi connectivity index (χ3n) is 4.42. The zero-order valence-corrected chi connectivity index (χ0v) is 11.7. The smallest absolute Gasteiger partial charge is 0.245 e. The van der Waals surface area contributed by atoms with Crippen LogP contribution in [0.2, 0.25) is 0 Å². The molecule has 2 aliphatic rings. The molecule has 2 unspecified atom stereocenters. The van der Waals surface area contributed by atoms with Gasteiger partial charge in [-0.2, -0.15) is 0 Å². The normalized spacial score (nSPS) is 25.5. The quantitative estimate of drug-likeness (QED) is 0.884. The Morgan fingerprint density at radius 2 is 2.16 bits per heavy atom. The van der Waals surface area contributed by atoms with E-state index < -0.39 is 0 Å². The van der Waals surface area contributed by atoms with E-state index in [9.17, 15) is 4.79 Å². The van der Waals surface area contributed by atoms with Crippen LogP contribution in [0, 0.1) is 5.92 Å². The van der Waals surface area contributed by atoms with Gasteiger partial charge < -0.3 is 10.2 Å². The van der Waals surface area contributed by atoms with E-state index in [2.05, 4.69) is 36.2 Å². The number of anilines is 1. The Balaban J connectivity index is 1.73. The van der Waals surface area contributed by atoms with Gasteiger partial charge in [-0.15, -0.1) is 0 Å². The van der Waals surface area contributed by atoms with Crippen molar-refractivity contribution in [1.82, 2.24) is 4.90 Å². The highest BCUT2D eigenvalue weighted by Crippen LogP contribution is 2.29. The van der Waals surface area contributed by atoms with E-state index in [0.717, 1.165) is 31.5 Å². The highest BCUT2D eigenvalue weighted by molar-refractivity contribution is 5.87. The molecule has 1 aromatic carbocycles. The van der Waals surface area contributed by atoms with Crippen molar-refractivity contribution in [2.24, 2.45) is 5.92 Å². The largest absolute Gasteiger partial charge is 0.373 e. The summed E-state index contributed by atoms with van der Waals surface area (Å²) in [5, 5.41) is 3.38. The summed E-state index contributed by atoms with van der Waals surface area (Å²) in [5.74, 6) is 0.836. The fraction of sp³-hybridized carbons (Fsp3) is 0.562. The van der Waals surface area contributed by atoms with Crippen LogP contribution in [-0.4, -0.2) is 29.4 Å².